The zero-order valence-electron chi connectivity index (χ0n) is 15.3. The zero-order chi connectivity index (χ0) is 19.1. The van der Waals surface area contributed by atoms with Crippen LogP contribution in [0.5, 0.6) is 11.5 Å². The Morgan fingerprint density at radius 3 is 2.86 bits per heavy atom. The Balaban J connectivity index is 1.27. The van der Waals surface area contributed by atoms with Gasteiger partial charge in [0.05, 0.1) is 18.3 Å². The number of nitrogens with one attached hydrogen (secondary N) is 1. The second kappa shape index (κ2) is 7.21. The summed E-state index contributed by atoms with van der Waals surface area (Å²) in [5.74, 6) is 2.58. The molecule has 2 aromatic heterocycles. The predicted octanol–water partition coefficient (Wildman–Crippen LogP) is 1.63. The third kappa shape index (κ3) is 3.18. The van der Waals surface area contributed by atoms with Gasteiger partial charge in [0.1, 0.15) is 23.9 Å². The summed E-state index contributed by atoms with van der Waals surface area (Å²) in [6, 6.07) is -0.0840. The molecule has 5 rings (SSSR count). The van der Waals surface area contributed by atoms with E-state index < -0.39 is 6.10 Å². The predicted molar refractivity (Wildman–Crippen MR) is 103 cm³/mol. The van der Waals surface area contributed by atoms with E-state index in [-0.39, 0.29) is 11.9 Å². The fourth-order valence-electron chi connectivity index (χ4n) is 4.47. The molecule has 3 aliphatic rings. The van der Waals surface area contributed by atoms with Crippen molar-refractivity contribution in [2.24, 2.45) is 11.8 Å². The number of aliphatic hydroxyl groups is 1. The van der Waals surface area contributed by atoms with E-state index in [1.165, 1.54) is 11.3 Å². The number of nitrogens with zero attached hydrogens (tertiary/aromatic N) is 3. The van der Waals surface area contributed by atoms with E-state index in [4.69, 9.17) is 9.47 Å². The molecule has 0 aromatic carbocycles. The van der Waals surface area contributed by atoms with Crippen LogP contribution in [0.2, 0.25) is 0 Å². The molecule has 1 saturated heterocycles. The molecule has 8 nitrogen and oxygen atoms in total. The first-order chi connectivity index (χ1) is 13.7. The second-order valence-corrected chi connectivity index (χ2v) is 8.45. The highest BCUT2D eigenvalue weighted by Crippen LogP contribution is 2.42. The van der Waals surface area contributed by atoms with Crippen LogP contribution < -0.4 is 14.8 Å². The monoisotopic (exact) mass is 402 g/mol. The molecular weight excluding hydrogens is 380 g/mol. The second-order valence-electron chi connectivity index (χ2n) is 7.57. The van der Waals surface area contributed by atoms with Crippen molar-refractivity contribution in [3.05, 3.63) is 28.8 Å². The molecule has 1 aliphatic carbocycles. The zero-order valence-corrected chi connectivity index (χ0v) is 16.1. The lowest BCUT2D eigenvalue weighted by molar-refractivity contribution is 0.0726. The molecule has 9 heteroatoms. The number of carbonyl (C=O) groups excluding carboxylic acids is 1. The van der Waals surface area contributed by atoms with E-state index in [0.717, 1.165) is 6.42 Å². The number of aliphatic hydroxyl groups excluding tert-OH is 1. The summed E-state index contributed by atoms with van der Waals surface area (Å²) >= 11 is 1.38. The molecule has 2 fully saturated rings. The number of hydrogen-bond donors (Lipinski definition) is 2. The van der Waals surface area contributed by atoms with Gasteiger partial charge in [-0.15, -0.1) is 11.3 Å². The SMILES string of the molecule is O=C(c1scc2c1OCCO2)N1C[C@H]2C[C@@H](Nc3cnccn3)[C@H](O)C[C@H]2C1. The van der Waals surface area contributed by atoms with E-state index in [2.05, 4.69) is 15.3 Å². The highest BCUT2D eigenvalue weighted by atomic mass is 32.1. The summed E-state index contributed by atoms with van der Waals surface area (Å²) in [6.07, 6.45) is 5.92. The van der Waals surface area contributed by atoms with E-state index >= 15 is 0 Å². The van der Waals surface area contributed by atoms with Crippen LogP contribution in [0, 0.1) is 11.8 Å². The molecule has 28 heavy (non-hydrogen) atoms. The van der Waals surface area contributed by atoms with Crippen LogP contribution in [0.25, 0.3) is 0 Å². The smallest absolute Gasteiger partial charge is 0.267 e. The Morgan fingerprint density at radius 2 is 2.04 bits per heavy atom. The van der Waals surface area contributed by atoms with Crippen LogP contribution in [0.3, 0.4) is 0 Å². The maximum atomic E-state index is 13.1. The quantitative estimate of drug-likeness (QED) is 0.805. The van der Waals surface area contributed by atoms with Crippen LogP contribution >= 0.6 is 11.3 Å². The minimum absolute atomic E-state index is 0.000856. The van der Waals surface area contributed by atoms with Gasteiger partial charge in [0.2, 0.25) is 0 Å². The fraction of sp³-hybridized carbons (Fsp3) is 0.526. The number of anilines is 1. The van der Waals surface area contributed by atoms with E-state index in [1.807, 2.05) is 10.3 Å². The Hall–Kier alpha value is -2.39. The van der Waals surface area contributed by atoms with Crippen molar-refractivity contribution < 1.29 is 19.4 Å². The van der Waals surface area contributed by atoms with Gasteiger partial charge >= 0.3 is 0 Å². The number of amides is 1. The summed E-state index contributed by atoms with van der Waals surface area (Å²) < 4.78 is 11.2. The molecule has 4 atom stereocenters. The first-order valence-corrected chi connectivity index (χ1v) is 10.4. The fourth-order valence-corrected chi connectivity index (χ4v) is 5.37. The van der Waals surface area contributed by atoms with Crippen LogP contribution in [0.15, 0.2) is 24.0 Å². The van der Waals surface area contributed by atoms with Gasteiger partial charge in [-0.3, -0.25) is 9.78 Å². The van der Waals surface area contributed by atoms with Crippen molar-refractivity contribution in [1.82, 2.24) is 14.9 Å². The van der Waals surface area contributed by atoms with Gasteiger partial charge in [-0.1, -0.05) is 0 Å². The van der Waals surface area contributed by atoms with Crippen LogP contribution in [0.1, 0.15) is 22.5 Å². The first-order valence-electron chi connectivity index (χ1n) is 9.56. The van der Waals surface area contributed by atoms with Crippen molar-refractivity contribution in [2.45, 2.75) is 25.0 Å². The van der Waals surface area contributed by atoms with Gasteiger partial charge < -0.3 is 24.8 Å². The van der Waals surface area contributed by atoms with E-state index in [9.17, 15) is 9.90 Å². The number of hydrogen-bond acceptors (Lipinski definition) is 8. The van der Waals surface area contributed by atoms with Crippen molar-refractivity contribution in [3.8, 4) is 11.5 Å². The molecule has 1 amide bonds. The summed E-state index contributed by atoms with van der Waals surface area (Å²) in [5.41, 5.74) is 0. The van der Waals surface area contributed by atoms with Crippen LogP contribution in [-0.4, -0.2) is 64.3 Å². The average Bonchev–Trinajstić information content (AvgIpc) is 3.32. The van der Waals surface area contributed by atoms with E-state index in [0.29, 0.717) is 66.8 Å². The lowest BCUT2D eigenvalue weighted by atomic mass is 9.77. The third-order valence-electron chi connectivity index (χ3n) is 5.82. The Bertz CT molecular complexity index is 861. The molecule has 0 spiro atoms. The summed E-state index contributed by atoms with van der Waals surface area (Å²) in [7, 11) is 0. The number of likely N-dealkylation sites (tertiary alicyclic amines) is 1. The number of rotatable bonds is 3. The molecule has 2 N–H and O–H groups in total. The minimum Gasteiger partial charge on any atom is -0.485 e. The first kappa shape index (κ1) is 17.7. The van der Waals surface area contributed by atoms with Crippen LogP contribution in [-0.2, 0) is 0 Å². The van der Waals surface area contributed by atoms with Gasteiger partial charge in [-0.05, 0) is 24.7 Å². The largest absolute Gasteiger partial charge is 0.485 e. The third-order valence-corrected chi connectivity index (χ3v) is 6.75. The van der Waals surface area contributed by atoms with Crippen molar-refractivity contribution in [3.63, 3.8) is 0 Å². The normalized spacial score (nSPS) is 28.7. The van der Waals surface area contributed by atoms with Gasteiger partial charge in [0.15, 0.2) is 11.5 Å². The molecule has 0 bridgehead atoms. The molecule has 0 unspecified atom stereocenters. The lowest BCUT2D eigenvalue weighted by Gasteiger charge is -2.35. The Morgan fingerprint density at radius 1 is 1.21 bits per heavy atom. The number of ether oxygens (including phenoxy) is 2. The van der Waals surface area contributed by atoms with Crippen molar-refractivity contribution in [2.75, 3.05) is 31.6 Å². The molecule has 0 radical (unpaired) electrons. The Labute approximate surface area is 166 Å². The molecular formula is C19H22N4O4S. The number of fused-ring (bicyclic) bond motifs is 2. The van der Waals surface area contributed by atoms with E-state index in [1.54, 1.807) is 18.6 Å². The van der Waals surface area contributed by atoms with Gasteiger partial charge in [0.25, 0.3) is 5.91 Å². The molecule has 4 heterocycles. The minimum atomic E-state index is -0.468. The van der Waals surface area contributed by atoms with Gasteiger partial charge in [0, 0.05) is 30.9 Å². The van der Waals surface area contributed by atoms with Crippen molar-refractivity contribution >= 4 is 23.1 Å². The summed E-state index contributed by atoms with van der Waals surface area (Å²) in [6.45, 7) is 2.36. The summed E-state index contributed by atoms with van der Waals surface area (Å²) in [5, 5.41) is 15.7. The lowest BCUT2D eigenvalue weighted by Crippen LogP contribution is -2.43. The maximum absolute atomic E-state index is 13.1. The number of carbonyl (C=O) groups is 1. The van der Waals surface area contributed by atoms with Gasteiger partial charge in [-0.25, -0.2) is 4.98 Å². The number of aromatic nitrogens is 2. The molecule has 148 valence electrons. The van der Waals surface area contributed by atoms with Crippen molar-refractivity contribution in [1.29, 1.82) is 0 Å². The maximum Gasteiger partial charge on any atom is 0.267 e. The summed E-state index contributed by atoms with van der Waals surface area (Å²) in [4.78, 5) is 23.9. The van der Waals surface area contributed by atoms with Gasteiger partial charge in [-0.2, -0.15) is 0 Å². The molecule has 2 aliphatic heterocycles. The highest BCUT2D eigenvalue weighted by Gasteiger charge is 2.44. The highest BCUT2D eigenvalue weighted by molar-refractivity contribution is 7.12. The topological polar surface area (TPSA) is 96.8 Å². The molecule has 1 saturated carbocycles. The van der Waals surface area contributed by atoms with Crippen LogP contribution in [0.4, 0.5) is 5.82 Å². The standard InChI is InChI=1S/C19H22N4O4S/c24-14-6-12-9-23(19(25)18-17-15(10-28-18)26-3-4-27-17)8-11(12)5-13(14)22-16-7-20-1-2-21-16/h1-2,7,10-14,24H,3-6,8-9H2,(H,21,22)/t11-,12+,13-,14-/m1/s1. The molecule has 2 aromatic rings. The average molecular weight is 402 g/mol. The number of thiophene rings is 1. The Kier molecular flexibility index (Phi) is 4.56.